The highest BCUT2D eigenvalue weighted by Crippen LogP contribution is 2.10. The molecule has 7 nitrogen and oxygen atoms in total. The SMILES string of the molecule is CC(=O)n1c(C)csc1=NN=Cc1ccc([N+](=O)[O-])cc1. The van der Waals surface area contributed by atoms with Gasteiger partial charge in [-0.1, -0.05) is 0 Å². The maximum Gasteiger partial charge on any atom is 0.269 e. The molecule has 0 aliphatic carbocycles. The Hall–Kier alpha value is -2.61. The highest BCUT2D eigenvalue weighted by molar-refractivity contribution is 7.07. The summed E-state index contributed by atoms with van der Waals surface area (Å²) in [6.45, 7) is 3.27. The van der Waals surface area contributed by atoms with E-state index in [1.807, 2.05) is 12.3 Å². The van der Waals surface area contributed by atoms with E-state index in [2.05, 4.69) is 10.2 Å². The first-order valence-corrected chi connectivity index (χ1v) is 6.86. The lowest BCUT2D eigenvalue weighted by molar-refractivity contribution is -0.384. The molecule has 0 saturated carbocycles. The number of aromatic nitrogens is 1. The molecule has 0 fully saturated rings. The highest BCUT2D eigenvalue weighted by Gasteiger charge is 2.05. The van der Waals surface area contributed by atoms with Crippen LogP contribution in [0.3, 0.4) is 0 Å². The molecule has 0 atom stereocenters. The van der Waals surface area contributed by atoms with Crippen LogP contribution in [0, 0.1) is 17.0 Å². The third-order valence-corrected chi connectivity index (χ3v) is 3.58. The van der Waals surface area contributed by atoms with Crippen LogP contribution in [0.1, 0.15) is 23.0 Å². The minimum absolute atomic E-state index is 0.0207. The van der Waals surface area contributed by atoms with Crippen LogP contribution in [0.25, 0.3) is 0 Å². The molecule has 0 amide bonds. The molecule has 2 rings (SSSR count). The predicted molar refractivity (Wildman–Crippen MR) is 79.6 cm³/mol. The number of aryl methyl sites for hydroxylation is 1. The number of carbonyl (C=O) groups excluding carboxylic acids is 1. The van der Waals surface area contributed by atoms with Crippen molar-refractivity contribution in [3.8, 4) is 0 Å². The first-order valence-electron chi connectivity index (χ1n) is 5.98. The van der Waals surface area contributed by atoms with E-state index in [1.54, 1.807) is 12.1 Å². The van der Waals surface area contributed by atoms with E-state index in [-0.39, 0.29) is 11.6 Å². The number of nitrogens with zero attached hydrogens (tertiary/aromatic N) is 4. The molecule has 0 aliphatic rings. The highest BCUT2D eigenvalue weighted by atomic mass is 32.1. The molecule has 0 N–H and O–H groups in total. The monoisotopic (exact) mass is 304 g/mol. The number of nitro groups is 1. The van der Waals surface area contributed by atoms with E-state index in [0.717, 1.165) is 5.69 Å². The van der Waals surface area contributed by atoms with Gasteiger partial charge in [0.25, 0.3) is 5.69 Å². The van der Waals surface area contributed by atoms with Crippen LogP contribution < -0.4 is 4.80 Å². The Kier molecular flexibility index (Phi) is 4.39. The molecule has 0 radical (unpaired) electrons. The van der Waals surface area contributed by atoms with Crippen molar-refractivity contribution in [3.05, 3.63) is 55.8 Å². The van der Waals surface area contributed by atoms with Crippen LogP contribution in [0.4, 0.5) is 5.69 Å². The zero-order valence-electron chi connectivity index (χ0n) is 11.4. The maximum absolute atomic E-state index is 11.5. The molecule has 1 heterocycles. The third-order valence-electron chi connectivity index (χ3n) is 2.65. The molecule has 0 bridgehead atoms. The average Bonchev–Trinajstić information content (AvgIpc) is 2.80. The van der Waals surface area contributed by atoms with Crippen LogP contribution in [-0.2, 0) is 0 Å². The van der Waals surface area contributed by atoms with Crippen molar-refractivity contribution in [2.75, 3.05) is 0 Å². The second-order valence-corrected chi connectivity index (χ2v) is 5.04. The summed E-state index contributed by atoms with van der Waals surface area (Å²) in [5.74, 6) is -0.127. The van der Waals surface area contributed by atoms with E-state index in [1.165, 1.54) is 41.2 Å². The second-order valence-electron chi connectivity index (χ2n) is 4.21. The number of hydrogen-bond donors (Lipinski definition) is 0. The van der Waals surface area contributed by atoms with Gasteiger partial charge in [0.1, 0.15) is 0 Å². The summed E-state index contributed by atoms with van der Waals surface area (Å²) in [6.07, 6.45) is 1.48. The van der Waals surface area contributed by atoms with Gasteiger partial charge in [0.15, 0.2) is 0 Å². The molecule has 21 heavy (non-hydrogen) atoms. The van der Waals surface area contributed by atoms with E-state index in [9.17, 15) is 14.9 Å². The van der Waals surface area contributed by atoms with Gasteiger partial charge in [-0.3, -0.25) is 19.5 Å². The normalized spacial score (nSPS) is 12.0. The minimum Gasteiger partial charge on any atom is -0.274 e. The first kappa shape index (κ1) is 14.8. The number of hydrogen-bond acceptors (Lipinski definition) is 6. The fourth-order valence-corrected chi connectivity index (χ4v) is 2.53. The van der Waals surface area contributed by atoms with Gasteiger partial charge in [0.05, 0.1) is 11.1 Å². The quantitative estimate of drug-likeness (QED) is 0.495. The average molecular weight is 304 g/mol. The van der Waals surface area contributed by atoms with Crippen LogP contribution >= 0.6 is 11.3 Å². The maximum atomic E-state index is 11.5. The summed E-state index contributed by atoms with van der Waals surface area (Å²) in [5.41, 5.74) is 1.51. The van der Waals surface area contributed by atoms with E-state index >= 15 is 0 Å². The summed E-state index contributed by atoms with van der Waals surface area (Å²) >= 11 is 1.32. The Balaban J connectivity index is 2.24. The number of non-ortho nitro benzene ring substituents is 1. The number of nitro benzene ring substituents is 1. The van der Waals surface area contributed by atoms with Crippen molar-refractivity contribution in [1.29, 1.82) is 0 Å². The van der Waals surface area contributed by atoms with Crippen LogP contribution in [-0.4, -0.2) is 21.6 Å². The Morgan fingerprint density at radius 2 is 2.05 bits per heavy atom. The summed E-state index contributed by atoms with van der Waals surface area (Å²) < 4.78 is 1.47. The second kappa shape index (κ2) is 6.23. The molecular weight excluding hydrogens is 292 g/mol. The Labute approximate surface area is 124 Å². The number of carbonyl (C=O) groups is 1. The van der Waals surface area contributed by atoms with Crippen molar-refractivity contribution in [1.82, 2.24) is 4.57 Å². The van der Waals surface area contributed by atoms with Crippen molar-refractivity contribution in [3.63, 3.8) is 0 Å². The number of benzene rings is 1. The van der Waals surface area contributed by atoms with Gasteiger partial charge in [-0.05, 0) is 24.6 Å². The zero-order valence-corrected chi connectivity index (χ0v) is 12.2. The summed E-state index contributed by atoms with van der Waals surface area (Å²) in [4.78, 5) is 22.0. The van der Waals surface area contributed by atoms with Crippen LogP contribution in [0.2, 0.25) is 0 Å². The molecule has 1 aromatic heterocycles. The smallest absolute Gasteiger partial charge is 0.269 e. The Morgan fingerprint density at radius 3 is 2.62 bits per heavy atom. The summed E-state index contributed by atoms with van der Waals surface area (Å²) in [7, 11) is 0. The van der Waals surface area contributed by atoms with E-state index in [0.29, 0.717) is 10.4 Å². The molecule has 108 valence electrons. The van der Waals surface area contributed by atoms with Gasteiger partial charge in [-0.2, -0.15) is 5.10 Å². The summed E-state index contributed by atoms with van der Waals surface area (Å²) in [6, 6.07) is 5.95. The van der Waals surface area contributed by atoms with Gasteiger partial charge < -0.3 is 0 Å². The standard InChI is InChI=1S/C13H12N4O3S/c1-9-8-21-13(16(9)10(2)18)15-14-7-11-3-5-12(6-4-11)17(19)20/h3-8H,1-2H3. The van der Waals surface area contributed by atoms with Crippen molar-refractivity contribution in [2.45, 2.75) is 13.8 Å². The molecule has 0 unspecified atom stereocenters. The Bertz CT molecular complexity index is 771. The first-order chi connectivity index (χ1) is 9.99. The van der Waals surface area contributed by atoms with E-state index in [4.69, 9.17) is 0 Å². The van der Waals surface area contributed by atoms with Gasteiger partial charge in [-0.25, -0.2) is 0 Å². The van der Waals surface area contributed by atoms with Crippen molar-refractivity contribution >= 4 is 29.1 Å². The van der Waals surface area contributed by atoms with Gasteiger partial charge in [-0.15, -0.1) is 16.4 Å². The molecule has 0 aliphatic heterocycles. The molecule has 8 heteroatoms. The largest absolute Gasteiger partial charge is 0.274 e. The third kappa shape index (κ3) is 3.48. The Morgan fingerprint density at radius 1 is 1.38 bits per heavy atom. The predicted octanol–water partition coefficient (Wildman–Crippen LogP) is 2.36. The number of rotatable bonds is 3. The van der Waals surface area contributed by atoms with Gasteiger partial charge in [0.2, 0.25) is 10.7 Å². The topological polar surface area (TPSA) is 89.9 Å². The lowest BCUT2D eigenvalue weighted by Crippen LogP contribution is -2.21. The molecular formula is C13H12N4O3S. The molecule has 0 saturated heterocycles. The van der Waals surface area contributed by atoms with Gasteiger partial charge in [0, 0.05) is 30.1 Å². The fraction of sp³-hybridized carbons (Fsp3) is 0.154. The van der Waals surface area contributed by atoms with E-state index < -0.39 is 4.92 Å². The molecule has 0 spiro atoms. The van der Waals surface area contributed by atoms with Crippen LogP contribution in [0.15, 0.2) is 39.8 Å². The number of thiazole rings is 1. The van der Waals surface area contributed by atoms with Crippen molar-refractivity contribution in [2.24, 2.45) is 10.2 Å². The fourth-order valence-electron chi connectivity index (χ4n) is 1.67. The lowest BCUT2D eigenvalue weighted by atomic mass is 10.2. The van der Waals surface area contributed by atoms with Crippen molar-refractivity contribution < 1.29 is 9.72 Å². The van der Waals surface area contributed by atoms with Crippen LogP contribution in [0.5, 0.6) is 0 Å². The van der Waals surface area contributed by atoms with Gasteiger partial charge >= 0.3 is 0 Å². The summed E-state index contributed by atoms with van der Waals surface area (Å²) in [5, 5.41) is 20.3. The minimum atomic E-state index is -0.463. The molecule has 1 aromatic carbocycles. The zero-order chi connectivity index (χ0) is 15.4. The lowest BCUT2D eigenvalue weighted by Gasteiger charge is -1.96. The molecule has 2 aromatic rings.